The van der Waals surface area contributed by atoms with Crippen molar-refractivity contribution in [3.63, 3.8) is 0 Å². The van der Waals surface area contributed by atoms with E-state index in [-0.39, 0.29) is 12.1 Å². The van der Waals surface area contributed by atoms with Crippen molar-refractivity contribution in [2.24, 2.45) is 0 Å². The topological polar surface area (TPSA) is 141 Å². The van der Waals surface area contributed by atoms with Gasteiger partial charge < -0.3 is 19.6 Å². The van der Waals surface area contributed by atoms with Crippen LogP contribution < -0.4 is 4.74 Å². The van der Waals surface area contributed by atoms with E-state index in [0.717, 1.165) is 28.6 Å². The average Bonchev–Trinajstić information content (AvgIpc) is 2.83. The van der Waals surface area contributed by atoms with E-state index in [1.54, 1.807) is 30.3 Å². The van der Waals surface area contributed by atoms with Gasteiger partial charge in [0.1, 0.15) is 0 Å². The van der Waals surface area contributed by atoms with E-state index in [1.807, 2.05) is 0 Å². The second-order valence-corrected chi connectivity index (χ2v) is 11.5. The number of nitrogens with zero attached hydrogens (tertiary/aromatic N) is 1. The van der Waals surface area contributed by atoms with Crippen molar-refractivity contribution in [2.45, 2.75) is 23.6 Å². The Morgan fingerprint density at radius 1 is 0.921 bits per heavy atom. The molecule has 0 fully saturated rings. The Kier molecular flexibility index (Phi) is 8.64. The molecule has 0 aliphatic heterocycles. The molecule has 0 amide bonds. The van der Waals surface area contributed by atoms with Crippen LogP contribution in [0.15, 0.2) is 71.6 Å². The van der Waals surface area contributed by atoms with Gasteiger partial charge >= 0.3 is 19.2 Å². The summed E-state index contributed by atoms with van der Waals surface area (Å²) < 4.78 is 100. The van der Waals surface area contributed by atoms with Crippen molar-refractivity contribution in [1.29, 1.82) is 0 Å². The fourth-order valence-corrected chi connectivity index (χ4v) is 5.23. The summed E-state index contributed by atoms with van der Waals surface area (Å²) in [6, 6.07) is 12.5. The number of hydrogen-bond acceptors (Lipinski definition) is 5. The van der Waals surface area contributed by atoms with Crippen molar-refractivity contribution in [3.8, 4) is 5.75 Å². The first-order chi connectivity index (χ1) is 17.6. The van der Waals surface area contributed by atoms with Crippen molar-refractivity contribution in [3.05, 3.63) is 95.1 Å². The van der Waals surface area contributed by atoms with Gasteiger partial charge in [0.05, 0.1) is 4.90 Å². The van der Waals surface area contributed by atoms with Gasteiger partial charge in [0.15, 0.2) is 24.0 Å². The highest BCUT2D eigenvalue weighted by atomic mass is 32.2. The first-order valence-electron chi connectivity index (χ1n) is 10.5. The Hall–Kier alpha value is -3.29. The summed E-state index contributed by atoms with van der Waals surface area (Å²) in [5, 5.41) is 8.64. The van der Waals surface area contributed by atoms with Crippen LogP contribution in [0.4, 0.5) is 17.6 Å². The number of rotatable bonds is 11. The zero-order valence-corrected chi connectivity index (χ0v) is 20.9. The highest BCUT2D eigenvalue weighted by Crippen LogP contribution is 2.59. The number of halogens is 4. The first kappa shape index (κ1) is 29.3. The Labute approximate surface area is 214 Å². The summed E-state index contributed by atoms with van der Waals surface area (Å²) >= 11 is 0. The van der Waals surface area contributed by atoms with Gasteiger partial charge in [-0.2, -0.15) is 13.1 Å². The molecule has 0 bridgehead atoms. The van der Waals surface area contributed by atoms with Gasteiger partial charge in [0.2, 0.25) is 10.0 Å². The van der Waals surface area contributed by atoms with Crippen LogP contribution in [0.25, 0.3) is 0 Å². The monoisotopic (exact) mass is 577 g/mol. The minimum Gasteiger partial charge on any atom is -0.479 e. The van der Waals surface area contributed by atoms with Crippen LogP contribution in [0.3, 0.4) is 0 Å². The molecule has 9 nitrogen and oxygen atoms in total. The third kappa shape index (κ3) is 6.58. The van der Waals surface area contributed by atoms with Gasteiger partial charge in [-0.15, -0.1) is 0 Å². The lowest BCUT2D eigenvalue weighted by Gasteiger charge is -2.23. The minimum absolute atomic E-state index is 0.122. The second-order valence-electron chi connectivity index (χ2n) is 7.94. The summed E-state index contributed by atoms with van der Waals surface area (Å²) in [5.74, 6) is -5.52. The summed E-state index contributed by atoms with van der Waals surface area (Å²) in [6.45, 7) is -1.85. The predicted molar refractivity (Wildman–Crippen MR) is 125 cm³/mol. The molecule has 3 aromatic carbocycles. The van der Waals surface area contributed by atoms with Gasteiger partial charge in [0, 0.05) is 18.7 Å². The van der Waals surface area contributed by atoms with Gasteiger partial charge in [-0.1, -0.05) is 54.6 Å². The molecule has 0 aromatic heterocycles. The van der Waals surface area contributed by atoms with Crippen molar-refractivity contribution in [2.75, 3.05) is 6.61 Å². The number of hydrogen-bond donors (Lipinski definition) is 3. The predicted octanol–water partition coefficient (Wildman–Crippen LogP) is 4.05. The fourth-order valence-electron chi connectivity index (χ4n) is 3.30. The maximum atomic E-state index is 14.5. The van der Waals surface area contributed by atoms with Gasteiger partial charge in [0.25, 0.3) is 0 Å². The number of carbonyl (C=O) groups is 1. The molecule has 0 unspecified atom stereocenters. The summed E-state index contributed by atoms with van der Waals surface area (Å²) in [5.41, 5.74) is -4.87. The molecule has 38 heavy (non-hydrogen) atoms. The molecular weight excluding hydrogens is 557 g/mol. The number of ether oxygens (including phenoxy) is 1. The van der Waals surface area contributed by atoms with E-state index in [0.29, 0.717) is 17.7 Å². The highest BCUT2D eigenvalue weighted by molar-refractivity contribution is 7.89. The molecule has 0 saturated carbocycles. The minimum atomic E-state index is -5.82. The van der Waals surface area contributed by atoms with E-state index in [9.17, 15) is 35.3 Å². The Bertz CT molecular complexity index is 1440. The summed E-state index contributed by atoms with van der Waals surface area (Å²) in [7, 11) is -10.5. The lowest BCUT2D eigenvalue weighted by atomic mass is 10.1. The van der Waals surface area contributed by atoms with Crippen molar-refractivity contribution in [1.82, 2.24) is 4.31 Å². The standard InChI is InChI=1S/C23H20F4NO8PS/c24-19-10-18(11-20(25)22(19)36-14-21(29)30)38(34,35)28(12-15-4-2-1-3-5-15)13-16-6-8-17(9-7-16)23(26,27)37(31,32)33/h1-11H,12-14H2,(H,29,30)(H2,31,32,33). The number of aliphatic carboxylic acids is 1. The number of carboxylic acid groups (broad SMARTS) is 1. The number of carboxylic acids is 1. The molecular formula is C23H20F4NO8PS. The zero-order chi connectivity index (χ0) is 28.3. The lowest BCUT2D eigenvalue weighted by Crippen LogP contribution is -2.30. The van der Waals surface area contributed by atoms with Crippen LogP contribution in [0.2, 0.25) is 0 Å². The lowest BCUT2D eigenvalue weighted by molar-refractivity contribution is -0.139. The molecule has 3 N–H and O–H groups in total. The molecule has 0 atom stereocenters. The Morgan fingerprint density at radius 3 is 1.89 bits per heavy atom. The Balaban J connectivity index is 1.99. The highest BCUT2D eigenvalue weighted by Gasteiger charge is 2.50. The van der Waals surface area contributed by atoms with Crippen molar-refractivity contribution >= 4 is 23.6 Å². The molecule has 0 saturated heterocycles. The van der Waals surface area contributed by atoms with E-state index in [1.165, 1.54) is 0 Å². The molecule has 0 spiro atoms. The number of alkyl halides is 2. The molecule has 204 valence electrons. The first-order valence-corrected chi connectivity index (χ1v) is 13.6. The third-order valence-corrected chi connectivity index (χ3v) is 7.94. The quantitative estimate of drug-likeness (QED) is 0.229. The molecule has 0 heterocycles. The average molecular weight is 577 g/mol. The van der Waals surface area contributed by atoms with E-state index in [2.05, 4.69) is 4.74 Å². The normalized spacial score (nSPS) is 12.5. The SMILES string of the molecule is O=C(O)COc1c(F)cc(S(=O)(=O)N(Cc2ccccc2)Cc2ccc(C(F)(F)P(=O)(O)O)cc2)cc1F. The van der Waals surface area contributed by atoms with Crippen LogP contribution in [-0.4, -0.2) is 40.2 Å². The van der Waals surface area contributed by atoms with Gasteiger partial charge in [-0.25, -0.2) is 22.0 Å². The number of sulfonamides is 1. The maximum Gasteiger partial charge on any atom is 0.399 e. The Morgan fingerprint density at radius 2 is 1.42 bits per heavy atom. The van der Waals surface area contributed by atoms with E-state index >= 15 is 0 Å². The van der Waals surface area contributed by atoms with E-state index in [4.69, 9.17) is 14.9 Å². The van der Waals surface area contributed by atoms with Crippen molar-refractivity contribution < 1.29 is 55.0 Å². The molecule has 0 radical (unpaired) electrons. The van der Waals surface area contributed by atoms with Crippen LogP contribution >= 0.6 is 7.60 Å². The summed E-state index contributed by atoms with van der Waals surface area (Å²) in [6.07, 6.45) is 0. The molecule has 0 aliphatic rings. The van der Waals surface area contributed by atoms with Crippen LogP contribution in [0, 0.1) is 11.6 Å². The van der Waals surface area contributed by atoms with E-state index < -0.39 is 70.2 Å². The molecule has 3 rings (SSSR count). The third-order valence-electron chi connectivity index (χ3n) is 5.18. The fraction of sp³-hybridized carbons (Fsp3) is 0.174. The van der Waals surface area contributed by atoms with Crippen LogP contribution in [-0.2, 0) is 38.1 Å². The maximum absolute atomic E-state index is 14.5. The molecule has 3 aromatic rings. The number of benzene rings is 3. The smallest absolute Gasteiger partial charge is 0.399 e. The summed E-state index contributed by atoms with van der Waals surface area (Å²) in [4.78, 5) is 27.6. The van der Waals surface area contributed by atoms with Gasteiger partial charge in [-0.3, -0.25) is 4.57 Å². The largest absolute Gasteiger partial charge is 0.479 e. The second kappa shape index (κ2) is 11.2. The van der Waals surface area contributed by atoms with Gasteiger partial charge in [-0.05, 0) is 23.3 Å². The zero-order valence-electron chi connectivity index (χ0n) is 19.2. The molecule has 15 heteroatoms. The van der Waals surface area contributed by atoms with Crippen LogP contribution in [0.1, 0.15) is 16.7 Å². The molecule has 0 aliphatic carbocycles. The van der Waals surface area contributed by atoms with Crippen LogP contribution in [0.5, 0.6) is 5.75 Å².